The summed E-state index contributed by atoms with van der Waals surface area (Å²) in [4.78, 5) is 25.0. The fourth-order valence-electron chi connectivity index (χ4n) is 2.28. The molecule has 19 heavy (non-hydrogen) atoms. The monoisotopic (exact) mass is 345 g/mol. The quantitative estimate of drug-likeness (QED) is 0.891. The Morgan fingerprint density at radius 2 is 2.21 bits per heavy atom. The Kier molecular flexibility index (Phi) is 4.30. The summed E-state index contributed by atoms with van der Waals surface area (Å²) in [6.07, 6.45) is 2.25. The van der Waals surface area contributed by atoms with E-state index < -0.39 is 11.4 Å². The Bertz CT molecular complexity index is 496. The minimum atomic E-state index is -0.834. The largest absolute Gasteiger partial charge is 0.481 e. The standard InChI is InChI=1S/C13H16BrNO3S/c1-15(7-9-5-10(14)19-8-9)11(16)6-13(12(17)18)3-2-4-13/h5,8H,2-4,6-7H2,1H3,(H,17,18). The number of thiophene rings is 1. The summed E-state index contributed by atoms with van der Waals surface area (Å²) >= 11 is 4.96. The van der Waals surface area contributed by atoms with Crippen molar-refractivity contribution < 1.29 is 14.7 Å². The second-order valence-corrected chi connectivity index (χ2v) is 7.42. The maximum atomic E-state index is 12.1. The Labute approximate surface area is 124 Å². The molecule has 0 unspecified atom stereocenters. The molecule has 0 spiro atoms. The maximum Gasteiger partial charge on any atom is 0.310 e. The molecule has 1 aromatic rings. The molecule has 1 N–H and O–H groups in total. The van der Waals surface area contributed by atoms with Gasteiger partial charge in [-0.3, -0.25) is 9.59 Å². The Balaban J connectivity index is 1.94. The molecule has 1 aliphatic carbocycles. The summed E-state index contributed by atoms with van der Waals surface area (Å²) in [5, 5.41) is 11.2. The minimum Gasteiger partial charge on any atom is -0.481 e. The molecule has 1 heterocycles. The van der Waals surface area contributed by atoms with Gasteiger partial charge >= 0.3 is 5.97 Å². The fraction of sp³-hybridized carbons (Fsp3) is 0.538. The Hall–Kier alpha value is -0.880. The Morgan fingerprint density at radius 1 is 1.53 bits per heavy atom. The third kappa shape index (κ3) is 3.17. The maximum absolute atomic E-state index is 12.1. The van der Waals surface area contributed by atoms with E-state index in [0.29, 0.717) is 19.4 Å². The highest BCUT2D eigenvalue weighted by Gasteiger charge is 2.46. The van der Waals surface area contributed by atoms with E-state index >= 15 is 0 Å². The van der Waals surface area contributed by atoms with Crippen molar-refractivity contribution in [1.29, 1.82) is 0 Å². The molecule has 1 amide bonds. The van der Waals surface area contributed by atoms with Crippen molar-refractivity contribution in [2.45, 2.75) is 32.2 Å². The highest BCUT2D eigenvalue weighted by molar-refractivity contribution is 9.11. The van der Waals surface area contributed by atoms with Crippen LogP contribution in [0.15, 0.2) is 15.2 Å². The van der Waals surface area contributed by atoms with Crippen molar-refractivity contribution in [3.8, 4) is 0 Å². The van der Waals surface area contributed by atoms with Crippen LogP contribution in [-0.2, 0) is 16.1 Å². The van der Waals surface area contributed by atoms with Crippen LogP contribution < -0.4 is 0 Å². The number of carboxylic acid groups (broad SMARTS) is 1. The van der Waals surface area contributed by atoms with Crippen molar-refractivity contribution in [2.75, 3.05) is 7.05 Å². The molecule has 2 rings (SSSR count). The van der Waals surface area contributed by atoms with Gasteiger partial charge in [0.25, 0.3) is 0 Å². The summed E-state index contributed by atoms with van der Waals surface area (Å²) < 4.78 is 1.03. The van der Waals surface area contributed by atoms with Gasteiger partial charge in [0.15, 0.2) is 0 Å². The Morgan fingerprint density at radius 3 is 2.63 bits per heavy atom. The summed E-state index contributed by atoms with van der Waals surface area (Å²) in [6, 6.07) is 1.98. The van der Waals surface area contributed by atoms with Gasteiger partial charge in [0.05, 0.1) is 9.20 Å². The summed E-state index contributed by atoms with van der Waals surface area (Å²) in [7, 11) is 1.72. The average molecular weight is 346 g/mol. The molecule has 4 nitrogen and oxygen atoms in total. The van der Waals surface area contributed by atoms with E-state index in [1.807, 2.05) is 11.4 Å². The number of aliphatic carboxylic acids is 1. The lowest BCUT2D eigenvalue weighted by atomic mass is 9.66. The number of carbonyl (C=O) groups is 2. The summed E-state index contributed by atoms with van der Waals surface area (Å²) in [6.45, 7) is 0.524. The number of amides is 1. The van der Waals surface area contributed by atoms with E-state index in [0.717, 1.165) is 15.8 Å². The topological polar surface area (TPSA) is 57.6 Å². The SMILES string of the molecule is CN(Cc1csc(Br)c1)C(=O)CC1(C(=O)O)CCC1. The second kappa shape index (κ2) is 5.63. The highest BCUT2D eigenvalue weighted by atomic mass is 79.9. The molecule has 0 bridgehead atoms. The number of carbonyl (C=O) groups excluding carboxylic acids is 1. The molecular weight excluding hydrogens is 330 g/mol. The van der Waals surface area contributed by atoms with Crippen LogP contribution in [0.4, 0.5) is 0 Å². The van der Waals surface area contributed by atoms with Gasteiger partial charge in [-0.05, 0) is 45.8 Å². The predicted molar refractivity (Wildman–Crippen MR) is 77.0 cm³/mol. The van der Waals surface area contributed by atoms with Crippen LogP contribution in [-0.4, -0.2) is 28.9 Å². The van der Waals surface area contributed by atoms with Crippen molar-refractivity contribution >= 4 is 39.1 Å². The van der Waals surface area contributed by atoms with E-state index in [1.165, 1.54) is 0 Å². The van der Waals surface area contributed by atoms with Crippen molar-refractivity contribution in [2.24, 2.45) is 5.41 Å². The molecule has 0 saturated heterocycles. The van der Waals surface area contributed by atoms with Gasteiger partial charge in [0, 0.05) is 20.0 Å². The number of halogens is 1. The van der Waals surface area contributed by atoms with E-state index in [-0.39, 0.29) is 12.3 Å². The molecular formula is C13H16BrNO3S. The normalized spacial score (nSPS) is 16.7. The number of hydrogen-bond donors (Lipinski definition) is 1. The van der Waals surface area contributed by atoms with Gasteiger partial charge in [0.2, 0.25) is 5.91 Å². The molecule has 1 aliphatic rings. The molecule has 6 heteroatoms. The summed E-state index contributed by atoms with van der Waals surface area (Å²) in [5.74, 6) is -0.928. The molecule has 0 aliphatic heterocycles. The van der Waals surface area contributed by atoms with Crippen LogP contribution in [0.1, 0.15) is 31.2 Å². The van der Waals surface area contributed by atoms with Gasteiger partial charge in [-0.2, -0.15) is 0 Å². The number of carboxylic acids is 1. The van der Waals surface area contributed by atoms with Gasteiger partial charge < -0.3 is 10.0 Å². The molecule has 1 aromatic heterocycles. The molecule has 0 aromatic carbocycles. The predicted octanol–water partition coefficient (Wildman–Crippen LogP) is 3.11. The average Bonchev–Trinajstić information content (AvgIpc) is 2.68. The second-order valence-electron chi connectivity index (χ2n) is 5.12. The van der Waals surface area contributed by atoms with Gasteiger partial charge in [-0.15, -0.1) is 11.3 Å². The van der Waals surface area contributed by atoms with Crippen LogP contribution in [0.5, 0.6) is 0 Å². The van der Waals surface area contributed by atoms with Crippen LogP contribution in [0.2, 0.25) is 0 Å². The molecule has 1 fully saturated rings. The van der Waals surface area contributed by atoms with Crippen molar-refractivity contribution in [1.82, 2.24) is 4.90 Å². The summed E-state index contributed by atoms with van der Waals surface area (Å²) in [5.41, 5.74) is 0.256. The zero-order valence-corrected chi connectivity index (χ0v) is 13.1. The molecule has 0 atom stereocenters. The van der Waals surface area contributed by atoms with Crippen LogP contribution in [0.25, 0.3) is 0 Å². The van der Waals surface area contributed by atoms with Gasteiger partial charge in [-0.1, -0.05) is 6.42 Å². The first kappa shape index (κ1) is 14.5. The van der Waals surface area contributed by atoms with Crippen molar-refractivity contribution in [3.63, 3.8) is 0 Å². The third-order valence-corrected chi connectivity index (χ3v) is 5.27. The van der Waals surface area contributed by atoms with E-state index in [4.69, 9.17) is 0 Å². The van der Waals surface area contributed by atoms with E-state index in [2.05, 4.69) is 15.9 Å². The zero-order chi connectivity index (χ0) is 14.0. The smallest absolute Gasteiger partial charge is 0.310 e. The van der Waals surface area contributed by atoms with E-state index in [1.54, 1.807) is 23.3 Å². The molecule has 0 radical (unpaired) electrons. The van der Waals surface area contributed by atoms with Crippen LogP contribution in [0, 0.1) is 5.41 Å². The molecule has 1 saturated carbocycles. The molecule has 104 valence electrons. The fourth-order valence-corrected chi connectivity index (χ4v) is 3.49. The minimum absolute atomic E-state index is 0.0931. The van der Waals surface area contributed by atoms with Gasteiger partial charge in [-0.25, -0.2) is 0 Å². The number of rotatable bonds is 5. The van der Waals surface area contributed by atoms with Crippen molar-refractivity contribution in [3.05, 3.63) is 20.8 Å². The zero-order valence-electron chi connectivity index (χ0n) is 10.7. The highest BCUT2D eigenvalue weighted by Crippen LogP contribution is 2.44. The van der Waals surface area contributed by atoms with Crippen LogP contribution in [0.3, 0.4) is 0 Å². The van der Waals surface area contributed by atoms with Crippen LogP contribution >= 0.6 is 27.3 Å². The lowest BCUT2D eigenvalue weighted by molar-refractivity contribution is -0.159. The third-order valence-electron chi connectivity index (χ3n) is 3.72. The first-order valence-corrected chi connectivity index (χ1v) is 7.80. The first-order valence-electron chi connectivity index (χ1n) is 6.13. The lowest BCUT2D eigenvalue weighted by Gasteiger charge is -2.37. The van der Waals surface area contributed by atoms with Gasteiger partial charge in [0.1, 0.15) is 0 Å². The first-order chi connectivity index (χ1) is 8.93. The number of nitrogens with zero attached hydrogens (tertiary/aromatic N) is 1. The lowest BCUT2D eigenvalue weighted by Crippen LogP contribution is -2.42. The number of hydrogen-bond acceptors (Lipinski definition) is 3. The van der Waals surface area contributed by atoms with E-state index in [9.17, 15) is 14.7 Å².